The van der Waals surface area contributed by atoms with E-state index in [1.54, 1.807) is 0 Å². The smallest absolute Gasteiger partial charge is 0.0586 e. The van der Waals surface area contributed by atoms with Gasteiger partial charge < -0.3 is 10.0 Å². The van der Waals surface area contributed by atoms with Crippen molar-refractivity contribution in [1.82, 2.24) is 9.80 Å². The molecule has 88 valence electrons. The summed E-state index contributed by atoms with van der Waals surface area (Å²) in [6.45, 7) is 6.48. The molecule has 0 bridgehead atoms. The quantitative estimate of drug-likeness (QED) is 0.751. The lowest BCUT2D eigenvalue weighted by Gasteiger charge is -2.30. The van der Waals surface area contributed by atoms with E-state index in [1.165, 1.54) is 58.3 Å². The Kier molecular flexibility index (Phi) is 4.42. The molecule has 0 aliphatic carbocycles. The van der Waals surface area contributed by atoms with Crippen LogP contribution in [0.25, 0.3) is 0 Å². The van der Waals surface area contributed by atoms with Gasteiger partial charge in [0.2, 0.25) is 0 Å². The lowest BCUT2D eigenvalue weighted by Crippen LogP contribution is -2.40. The van der Waals surface area contributed by atoms with E-state index in [-0.39, 0.29) is 0 Å². The van der Waals surface area contributed by atoms with E-state index >= 15 is 0 Å². The summed E-state index contributed by atoms with van der Waals surface area (Å²) in [4.78, 5) is 5.05. The second-order valence-electron chi connectivity index (χ2n) is 4.92. The zero-order chi connectivity index (χ0) is 10.5. The standard InChI is InChI=1S/C12H24N2O/c15-11-12-5-4-8-14(12)10-9-13-6-2-1-3-7-13/h12,15H,1-11H2/t12-/m0/s1. The molecule has 15 heavy (non-hydrogen) atoms. The molecule has 3 nitrogen and oxygen atoms in total. The molecule has 1 N–H and O–H groups in total. The summed E-state index contributed by atoms with van der Waals surface area (Å²) in [5.41, 5.74) is 0. The van der Waals surface area contributed by atoms with Crippen LogP contribution in [0.5, 0.6) is 0 Å². The Balaban J connectivity index is 1.67. The van der Waals surface area contributed by atoms with Gasteiger partial charge in [-0.15, -0.1) is 0 Å². The molecule has 0 spiro atoms. The Morgan fingerprint density at radius 2 is 1.73 bits per heavy atom. The molecule has 2 heterocycles. The molecule has 2 saturated heterocycles. The second-order valence-corrected chi connectivity index (χ2v) is 4.92. The van der Waals surface area contributed by atoms with Crippen molar-refractivity contribution in [1.29, 1.82) is 0 Å². The highest BCUT2D eigenvalue weighted by atomic mass is 16.3. The van der Waals surface area contributed by atoms with E-state index in [0.717, 1.165) is 6.54 Å². The first kappa shape index (κ1) is 11.4. The Hall–Kier alpha value is -0.120. The van der Waals surface area contributed by atoms with Crippen LogP contribution in [0.3, 0.4) is 0 Å². The Bertz CT molecular complexity index is 180. The predicted octanol–water partition coefficient (Wildman–Crippen LogP) is 0.929. The van der Waals surface area contributed by atoms with Gasteiger partial charge in [-0.1, -0.05) is 6.42 Å². The highest BCUT2D eigenvalue weighted by molar-refractivity contribution is 4.79. The van der Waals surface area contributed by atoms with Crippen LogP contribution in [0.15, 0.2) is 0 Å². The number of hydrogen-bond acceptors (Lipinski definition) is 3. The van der Waals surface area contributed by atoms with E-state index < -0.39 is 0 Å². The van der Waals surface area contributed by atoms with Crippen LogP contribution in [0.2, 0.25) is 0 Å². The summed E-state index contributed by atoms with van der Waals surface area (Å²) in [6, 6.07) is 0.454. The third-order valence-corrected chi connectivity index (χ3v) is 3.86. The Morgan fingerprint density at radius 1 is 0.933 bits per heavy atom. The number of likely N-dealkylation sites (tertiary alicyclic amines) is 2. The lowest BCUT2D eigenvalue weighted by atomic mass is 10.1. The van der Waals surface area contributed by atoms with Gasteiger partial charge in [0.15, 0.2) is 0 Å². The number of aliphatic hydroxyl groups is 1. The Labute approximate surface area is 93.1 Å². The molecule has 0 aromatic rings. The van der Waals surface area contributed by atoms with Gasteiger partial charge in [-0.05, 0) is 45.3 Å². The summed E-state index contributed by atoms with van der Waals surface area (Å²) in [6.07, 6.45) is 6.63. The number of aliphatic hydroxyl groups excluding tert-OH is 1. The topological polar surface area (TPSA) is 26.7 Å². The fraction of sp³-hybridized carbons (Fsp3) is 1.00. The average molecular weight is 212 g/mol. The van der Waals surface area contributed by atoms with Gasteiger partial charge in [-0.3, -0.25) is 4.90 Å². The minimum atomic E-state index is 0.347. The van der Waals surface area contributed by atoms with Gasteiger partial charge in [0.05, 0.1) is 6.61 Å². The Morgan fingerprint density at radius 3 is 2.47 bits per heavy atom. The lowest BCUT2D eigenvalue weighted by molar-refractivity contribution is 0.134. The molecular formula is C12H24N2O. The van der Waals surface area contributed by atoms with Gasteiger partial charge in [-0.25, -0.2) is 0 Å². The maximum absolute atomic E-state index is 9.22. The third-order valence-electron chi connectivity index (χ3n) is 3.86. The summed E-state index contributed by atoms with van der Waals surface area (Å²) in [5.74, 6) is 0. The first-order valence-electron chi connectivity index (χ1n) is 6.47. The molecule has 0 radical (unpaired) electrons. The van der Waals surface area contributed by atoms with Gasteiger partial charge in [0.25, 0.3) is 0 Å². The number of piperidine rings is 1. The minimum Gasteiger partial charge on any atom is -0.395 e. The first-order valence-corrected chi connectivity index (χ1v) is 6.47. The molecule has 0 aromatic heterocycles. The molecule has 0 unspecified atom stereocenters. The van der Waals surface area contributed by atoms with E-state index in [0.29, 0.717) is 12.6 Å². The van der Waals surface area contributed by atoms with Crippen molar-refractivity contribution < 1.29 is 5.11 Å². The predicted molar refractivity (Wildman–Crippen MR) is 62.0 cm³/mol. The number of nitrogens with zero attached hydrogens (tertiary/aromatic N) is 2. The zero-order valence-corrected chi connectivity index (χ0v) is 9.70. The number of hydrogen-bond donors (Lipinski definition) is 1. The summed E-state index contributed by atoms with van der Waals surface area (Å²) < 4.78 is 0. The molecular weight excluding hydrogens is 188 g/mol. The summed E-state index contributed by atoms with van der Waals surface area (Å²) in [7, 11) is 0. The van der Waals surface area contributed by atoms with Crippen LogP contribution in [0.1, 0.15) is 32.1 Å². The molecule has 3 heteroatoms. The van der Waals surface area contributed by atoms with Gasteiger partial charge in [0, 0.05) is 19.1 Å². The number of rotatable bonds is 4. The highest BCUT2D eigenvalue weighted by Gasteiger charge is 2.23. The first-order chi connectivity index (χ1) is 7.40. The average Bonchev–Trinajstić information content (AvgIpc) is 2.75. The molecule has 0 aromatic carbocycles. The van der Waals surface area contributed by atoms with E-state index in [2.05, 4.69) is 9.80 Å². The van der Waals surface area contributed by atoms with E-state index in [1.807, 2.05) is 0 Å². The normalized spacial score (nSPS) is 29.8. The molecule has 0 amide bonds. The van der Waals surface area contributed by atoms with Crippen LogP contribution in [-0.4, -0.2) is 60.3 Å². The monoisotopic (exact) mass is 212 g/mol. The maximum atomic E-state index is 9.22. The minimum absolute atomic E-state index is 0.347. The largest absolute Gasteiger partial charge is 0.395 e. The second kappa shape index (κ2) is 5.83. The van der Waals surface area contributed by atoms with Crippen LogP contribution in [0.4, 0.5) is 0 Å². The van der Waals surface area contributed by atoms with Gasteiger partial charge in [-0.2, -0.15) is 0 Å². The molecule has 2 aliphatic heterocycles. The highest BCUT2D eigenvalue weighted by Crippen LogP contribution is 2.16. The van der Waals surface area contributed by atoms with Crippen LogP contribution in [0, 0.1) is 0 Å². The maximum Gasteiger partial charge on any atom is 0.0586 e. The van der Waals surface area contributed by atoms with Crippen molar-refractivity contribution in [2.45, 2.75) is 38.1 Å². The molecule has 0 saturated carbocycles. The van der Waals surface area contributed by atoms with E-state index in [4.69, 9.17) is 0 Å². The molecule has 2 fully saturated rings. The molecule has 2 aliphatic rings. The molecule has 1 atom stereocenters. The van der Waals surface area contributed by atoms with Gasteiger partial charge in [0.1, 0.15) is 0 Å². The third kappa shape index (κ3) is 3.16. The van der Waals surface area contributed by atoms with Crippen molar-refractivity contribution in [3.05, 3.63) is 0 Å². The van der Waals surface area contributed by atoms with Crippen molar-refractivity contribution in [2.75, 3.05) is 39.3 Å². The van der Waals surface area contributed by atoms with Gasteiger partial charge >= 0.3 is 0 Å². The van der Waals surface area contributed by atoms with Crippen molar-refractivity contribution in [2.24, 2.45) is 0 Å². The van der Waals surface area contributed by atoms with Crippen LogP contribution < -0.4 is 0 Å². The fourth-order valence-corrected chi connectivity index (χ4v) is 2.85. The summed E-state index contributed by atoms with van der Waals surface area (Å²) in [5, 5.41) is 9.22. The van der Waals surface area contributed by atoms with Crippen molar-refractivity contribution in [3.8, 4) is 0 Å². The SMILES string of the molecule is OC[C@@H]1CCCN1CCN1CCCCC1. The zero-order valence-electron chi connectivity index (χ0n) is 9.70. The van der Waals surface area contributed by atoms with Crippen molar-refractivity contribution >= 4 is 0 Å². The van der Waals surface area contributed by atoms with Crippen molar-refractivity contribution in [3.63, 3.8) is 0 Å². The van der Waals surface area contributed by atoms with Crippen LogP contribution in [-0.2, 0) is 0 Å². The fourth-order valence-electron chi connectivity index (χ4n) is 2.85. The van der Waals surface area contributed by atoms with Crippen LogP contribution >= 0.6 is 0 Å². The summed E-state index contributed by atoms with van der Waals surface area (Å²) >= 11 is 0. The molecule has 2 rings (SSSR count). The van der Waals surface area contributed by atoms with E-state index in [9.17, 15) is 5.11 Å².